The maximum Gasteiger partial charge on any atom is 0.268 e. The molecule has 144 valence electrons. The third-order valence-corrected chi connectivity index (χ3v) is 6.82. The maximum absolute atomic E-state index is 13.6. The largest absolute Gasteiger partial charge is 0.497 e. The number of rotatable bonds is 3. The SMILES string of the molecule is CC[C@@]1(C)Cc2c(sc3c2c(=O)n(-c2ccc(OC)cc2)c2nncn32)CO1. The lowest BCUT2D eigenvalue weighted by Gasteiger charge is -2.32. The van der Waals surface area contributed by atoms with Gasteiger partial charge >= 0.3 is 0 Å². The second-order valence-corrected chi connectivity index (χ2v) is 8.38. The lowest BCUT2D eigenvalue weighted by atomic mass is 9.90. The summed E-state index contributed by atoms with van der Waals surface area (Å²) in [7, 11) is 1.62. The molecule has 0 fully saturated rings. The van der Waals surface area contributed by atoms with Gasteiger partial charge in [0.1, 0.15) is 16.9 Å². The average molecular weight is 396 g/mol. The summed E-state index contributed by atoms with van der Waals surface area (Å²) < 4.78 is 14.9. The average Bonchev–Trinajstić information content (AvgIpc) is 3.33. The molecule has 0 bridgehead atoms. The Morgan fingerprint density at radius 1 is 1.32 bits per heavy atom. The summed E-state index contributed by atoms with van der Waals surface area (Å²) in [5.41, 5.74) is 1.51. The molecular weight excluding hydrogens is 376 g/mol. The van der Waals surface area contributed by atoms with Crippen LogP contribution < -0.4 is 10.3 Å². The molecule has 8 heteroatoms. The predicted molar refractivity (Wildman–Crippen MR) is 108 cm³/mol. The van der Waals surface area contributed by atoms with E-state index in [1.807, 2.05) is 28.7 Å². The fraction of sp³-hybridized carbons (Fsp3) is 0.350. The van der Waals surface area contributed by atoms with Crippen LogP contribution in [0.2, 0.25) is 0 Å². The predicted octanol–water partition coefficient (Wildman–Crippen LogP) is 3.34. The molecular formula is C20H20N4O3S. The molecule has 0 amide bonds. The van der Waals surface area contributed by atoms with Crippen LogP contribution in [0.4, 0.5) is 0 Å². The van der Waals surface area contributed by atoms with Gasteiger partial charge in [-0.3, -0.25) is 9.20 Å². The van der Waals surface area contributed by atoms with Gasteiger partial charge in [-0.25, -0.2) is 4.57 Å². The van der Waals surface area contributed by atoms with E-state index in [0.29, 0.717) is 12.4 Å². The number of benzene rings is 1. The quantitative estimate of drug-likeness (QED) is 0.531. The normalized spacial score (nSPS) is 19.2. The Hall–Kier alpha value is -2.71. The fourth-order valence-corrected chi connectivity index (χ4v) is 4.96. The lowest BCUT2D eigenvalue weighted by Crippen LogP contribution is -2.34. The number of ether oxygens (including phenoxy) is 2. The zero-order valence-electron chi connectivity index (χ0n) is 15.9. The van der Waals surface area contributed by atoms with Gasteiger partial charge in [-0.15, -0.1) is 21.5 Å². The first-order chi connectivity index (χ1) is 13.5. The number of hydrogen-bond acceptors (Lipinski definition) is 6. The van der Waals surface area contributed by atoms with Crippen LogP contribution in [0.15, 0.2) is 35.4 Å². The van der Waals surface area contributed by atoms with E-state index in [1.165, 1.54) is 0 Å². The van der Waals surface area contributed by atoms with Crippen LogP contribution in [0.1, 0.15) is 30.7 Å². The van der Waals surface area contributed by atoms with Crippen molar-refractivity contribution >= 4 is 27.3 Å². The van der Waals surface area contributed by atoms with Gasteiger partial charge in [0.25, 0.3) is 5.56 Å². The summed E-state index contributed by atoms with van der Waals surface area (Å²) in [5, 5.41) is 9.03. The molecule has 1 aliphatic heterocycles. The first-order valence-corrected chi connectivity index (χ1v) is 10.0. The molecule has 7 nitrogen and oxygen atoms in total. The topological polar surface area (TPSA) is 70.7 Å². The van der Waals surface area contributed by atoms with Crippen molar-refractivity contribution in [1.82, 2.24) is 19.2 Å². The second kappa shape index (κ2) is 6.15. The van der Waals surface area contributed by atoms with Gasteiger partial charge < -0.3 is 9.47 Å². The van der Waals surface area contributed by atoms with Crippen LogP contribution >= 0.6 is 11.3 Å². The van der Waals surface area contributed by atoms with Crippen molar-refractivity contribution in [2.45, 2.75) is 38.9 Å². The third kappa shape index (κ3) is 2.41. The molecule has 28 heavy (non-hydrogen) atoms. The third-order valence-electron chi connectivity index (χ3n) is 5.62. The zero-order chi connectivity index (χ0) is 19.5. The Balaban J connectivity index is 1.83. The van der Waals surface area contributed by atoms with Crippen LogP contribution in [0.25, 0.3) is 21.7 Å². The van der Waals surface area contributed by atoms with Crippen molar-refractivity contribution < 1.29 is 9.47 Å². The molecule has 0 saturated carbocycles. The minimum absolute atomic E-state index is 0.0708. The van der Waals surface area contributed by atoms with Gasteiger partial charge in [0, 0.05) is 11.3 Å². The molecule has 0 N–H and O–H groups in total. The second-order valence-electron chi connectivity index (χ2n) is 7.29. The summed E-state index contributed by atoms with van der Waals surface area (Å²) in [4.78, 5) is 15.6. The van der Waals surface area contributed by atoms with E-state index in [2.05, 4.69) is 24.0 Å². The van der Waals surface area contributed by atoms with Crippen molar-refractivity contribution in [3.8, 4) is 11.4 Å². The number of nitrogens with zero attached hydrogens (tertiary/aromatic N) is 4. The molecule has 3 aromatic heterocycles. The van der Waals surface area contributed by atoms with Crippen molar-refractivity contribution in [3.05, 3.63) is 51.4 Å². The Morgan fingerprint density at radius 3 is 2.82 bits per heavy atom. The molecule has 4 heterocycles. The molecule has 5 rings (SSSR count). The number of aromatic nitrogens is 4. The number of methoxy groups -OCH3 is 1. The first-order valence-electron chi connectivity index (χ1n) is 9.22. The van der Waals surface area contributed by atoms with E-state index in [4.69, 9.17) is 9.47 Å². The van der Waals surface area contributed by atoms with Crippen LogP contribution in [0, 0.1) is 0 Å². The van der Waals surface area contributed by atoms with E-state index >= 15 is 0 Å². The van der Waals surface area contributed by atoms with Gasteiger partial charge in [0.2, 0.25) is 5.78 Å². The maximum atomic E-state index is 13.6. The number of fused-ring (bicyclic) bond motifs is 5. The van der Waals surface area contributed by atoms with E-state index in [9.17, 15) is 4.79 Å². The lowest BCUT2D eigenvalue weighted by molar-refractivity contribution is -0.0543. The van der Waals surface area contributed by atoms with Crippen molar-refractivity contribution in [3.63, 3.8) is 0 Å². The Bertz CT molecular complexity index is 1250. The highest BCUT2D eigenvalue weighted by molar-refractivity contribution is 7.18. The van der Waals surface area contributed by atoms with Gasteiger partial charge in [-0.1, -0.05) is 6.92 Å². The van der Waals surface area contributed by atoms with Gasteiger partial charge in [-0.2, -0.15) is 0 Å². The summed E-state index contributed by atoms with van der Waals surface area (Å²) in [6.07, 6.45) is 3.29. The molecule has 0 radical (unpaired) electrons. The summed E-state index contributed by atoms with van der Waals surface area (Å²) >= 11 is 1.59. The summed E-state index contributed by atoms with van der Waals surface area (Å²) in [6.45, 7) is 4.76. The van der Waals surface area contributed by atoms with Crippen molar-refractivity contribution in [2.24, 2.45) is 0 Å². The molecule has 0 spiro atoms. The molecule has 1 atom stereocenters. The molecule has 1 aromatic carbocycles. The fourth-order valence-electron chi connectivity index (χ4n) is 3.77. The van der Waals surface area contributed by atoms with E-state index in [-0.39, 0.29) is 11.2 Å². The molecule has 0 saturated heterocycles. The zero-order valence-corrected chi connectivity index (χ0v) is 16.7. The van der Waals surface area contributed by atoms with Crippen LogP contribution in [-0.4, -0.2) is 31.9 Å². The highest BCUT2D eigenvalue weighted by Crippen LogP contribution is 2.39. The van der Waals surface area contributed by atoms with E-state index in [0.717, 1.165) is 44.9 Å². The van der Waals surface area contributed by atoms with Crippen LogP contribution in [0.5, 0.6) is 5.75 Å². The monoisotopic (exact) mass is 396 g/mol. The standard InChI is InChI=1S/C20H20N4O3S/c1-4-20(2)9-14-15(10-27-20)28-18-16(14)17(25)24(19-22-21-11-23(18)19)12-5-7-13(26-3)8-6-12/h5-8,11H,4,9-10H2,1-3H3/t20-/m0/s1. The first kappa shape index (κ1) is 17.4. The van der Waals surface area contributed by atoms with E-state index in [1.54, 1.807) is 29.3 Å². The van der Waals surface area contributed by atoms with Gasteiger partial charge in [-0.05, 0) is 43.2 Å². The van der Waals surface area contributed by atoms with Crippen molar-refractivity contribution in [2.75, 3.05) is 7.11 Å². The molecule has 1 aliphatic rings. The number of hydrogen-bond donors (Lipinski definition) is 0. The molecule has 0 aliphatic carbocycles. The van der Waals surface area contributed by atoms with Crippen LogP contribution in [-0.2, 0) is 17.8 Å². The van der Waals surface area contributed by atoms with Crippen LogP contribution in [0.3, 0.4) is 0 Å². The highest BCUT2D eigenvalue weighted by atomic mass is 32.1. The summed E-state index contributed by atoms with van der Waals surface area (Å²) in [6, 6.07) is 7.39. The van der Waals surface area contributed by atoms with Gasteiger partial charge in [0.15, 0.2) is 0 Å². The Labute approximate surface area is 165 Å². The highest BCUT2D eigenvalue weighted by Gasteiger charge is 2.33. The van der Waals surface area contributed by atoms with Gasteiger partial charge in [0.05, 0.1) is 30.4 Å². The Kier molecular flexibility index (Phi) is 3.82. The van der Waals surface area contributed by atoms with Crippen molar-refractivity contribution in [1.29, 1.82) is 0 Å². The minimum Gasteiger partial charge on any atom is -0.497 e. The number of thiophene rings is 1. The Morgan fingerprint density at radius 2 is 2.11 bits per heavy atom. The molecule has 4 aromatic rings. The summed E-state index contributed by atoms with van der Waals surface area (Å²) in [5.74, 6) is 1.24. The van der Waals surface area contributed by atoms with E-state index < -0.39 is 0 Å². The molecule has 0 unspecified atom stereocenters. The minimum atomic E-state index is -0.249. The smallest absolute Gasteiger partial charge is 0.268 e.